The lowest BCUT2D eigenvalue weighted by molar-refractivity contribution is -0.138. The van der Waals surface area contributed by atoms with Crippen molar-refractivity contribution in [2.24, 2.45) is 5.90 Å². The van der Waals surface area contributed by atoms with Crippen molar-refractivity contribution in [2.45, 2.75) is 0 Å². The lowest BCUT2D eigenvalue weighted by atomic mass is 10.1. The van der Waals surface area contributed by atoms with Crippen molar-refractivity contribution < 1.29 is 9.63 Å². The van der Waals surface area contributed by atoms with Gasteiger partial charge in [0.25, 0.3) is 0 Å². The van der Waals surface area contributed by atoms with E-state index in [0.29, 0.717) is 0 Å². The molecule has 4 nitrogen and oxygen atoms in total. The SMILES string of the molecule is NOC(=O)/C=C/c1c[nH]c2ccccc12. The van der Waals surface area contributed by atoms with Crippen LogP contribution in [0.3, 0.4) is 0 Å². The van der Waals surface area contributed by atoms with Crippen LogP contribution in [0.15, 0.2) is 36.5 Å². The number of nitrogens with two attached hydrogens (primary N) is 1. The maximum absolute atomic E-state index is 10.8. The predicted molar refractivity (Wildman–Crippen MR) is 57.6 cm³/mol. The van der Waals surface area contributed by atoms with Gasteiger partial charge in [0.05, 0.1) is 0 Å². The van der Waals surface area contributed by atoms with E-state index in [9.17, 15) is 4.79 Å². The van der Waals surface area contributed by atoms with Crippen LogP contribution in [0.5, 0.6) is 0 Å². The summed E-state index contributed by atoms with van der Waals surface area (Å²) >= 11 is 0. The Balaban J connectivity index is 2.36. The second-order valence-corrected chi connectivity index (χ2v) is 3.06. The molecule has 3 N–H and O–H groups in total. The number of aromatic nitrogens is 1. The Bertz CT molecular complexity index is 514. The number of hydrogen-bond donors (Lipinski definition) is 2. The number of H-pyrrole nitrogens is 1. The standard InChI is InChI=1S/C11H10N2O2/c12-15-11(14)6-5-8-7-13-10-4-2-1-3-9(8)10/h1-7,13H,12H2/b6-5+. The molecule has 2 rings (SSSR count). The topological polar surface area (TPSA) is 68.1 Å². The molecule has 0 atom stereocenters. The average Bonchev–Trinajstić information content (AvgIpc) is 2.69. The number of benzene rings is 1. The van der Waals surface area contributed by atoms with E-state index in [1.807, 2.05) is 30.5 Å². The molecule has 0 saturated carbocycles. The van der Waals surface area contributed by atoms with Crippen molar-refractivity contribution in [3.8, 4) is 0 Å². The third-order valence-electron chi connectivity index (χ3n) is 2.14. The first kappa shape index (κ1) is 9.48. The molecule has 1 aromatic heterocycles. The van der Waals surface area contributed by atoms with Crippen LogP contribution >= 0.6 is 0 Å². The van der Waals surface area contributed by atoms with E-state index in [0.717, 1.165) is 16.5 Å². The van der Waals surface area contributed by atoms with Gasteiger partial charge in [0.1, 0.15) is 0 Å². The molecule has 15 heavy (non-hydrogen) atoms. The molecule has 0 aliphatic heterocycles. The van der Waals surface area contributed by atoms with Crippen molar-refractivity contribution in [3.63, 3.8) is 0 Å². The van der Waals surface area contributed by atoms with Gasteiger partial charge in [-0.25, -0.2) is 4.79 Å². The van der Waals surface area contributed by atoms with Gasteiger partial charge >= 0.3 is 5.97 Å². The highest BCUT2D eigenvalue weighted by molar-refractivity contribution is 5.93. The van der Waals surface area contributed by atoms with Crippen LogP contribution in [0.4, 0.5) is 0 Å². The first-order valence-corrected chi connectivity index (χ1v) is 4.46. The molecular weight excluding hydrogens is 192 g/mol. The zero-order chi connectivity index (χ0) is 10.7. The summed E-state index contributed by atoms with van der Waals surface area (Å²) in [6.45, 7) is 0. The summed E-state index contributed by atoms with van der Waals surface area (Å²) in [6.07, 6.45) is 4.77. The number of nitrogens with one attached hydrogen (secondary N) is 1. The van der Waals surface area contributed by atoms with Crippen molar-refractivity contribution in [3.05, 3.63) is 42.1 Å². The third kappa shape index (κ3) is 1.89. The molecule has 2 aromatic rings. The molecule has 0 saturated heterocycles. The summed E-state index contributed by atoms with van der Waals surface area (Å²) < 4.78 is 0. The second-order valence-electron chi connectivity index (χ2n) is 3.06. The number of rotatable bonds is 2. The molecule has 1 heterocycles. The number of para-hydroxylation sites is 1. The lowest BCUT2D eigenvalue weighted by Gasteiger charge is -1.90. The normalized spacial score (nSPS) is 11.0. The molecule has 0 radical (unpaired) electrons. The summed E-state index contributed by atoms with van der Waals surface area (Å²) in [4.78, 5) is 17.9. The minimum atomic E-state index is -0.569. The highest BCUT2D eigenvalue weighted by Gasteiger charge is 1.99. The number of carbonyl (C=O) groups is 1. The minimum Gasteiger partial charge on any atom is -0.370 e. The molecule has 0 aliphatic rings. The van der Waals surface area contributed by atoms with E-state index in [-0.39, 0.29) is 0 Å². The number of fused-ring (bicyclic) bond motifs is 1. The van der Waals surface area contributed by atoms with Gasteiger partial charge in [-0.1, -0.05) is 18.2 Å². The number of hydrogen-bond acceptors (Lipinski definition) is 3. The van der Waals surface area contributed by atoms with E-state index in [1.165, 1.54) is 6.08 Å². The Morgan fingerprint density at radius 3 is 3.00 bits per heavy atom. The molecular formula is C11H10N2O2. The monoisotopic (exact) mass is 202 g/mol. The summed E-state index contributed by atoms with van der Waals surface area (Å²) in [6, 6.07) is 7.82. The molecule has 4 heteroatoms. The Morgan fingerprint density at radius 1 is 1.40 bits per heavy atom. The van der Waals surface area contributed by atoms with Crippen LogP contribution in [0.2, 0.25) is 0 Å². The number of aromatic amines is 1. The Hall–Kier alpha value is -2.07. The maximum Gasteiger partial charge on any atom is 0.349 e. The summed E-state index contributed by atoms with van der Waals surface area (Å²) in [5.74, 6) is 4.15. The molecule has 1 aromatic carbocycles. The molecule has 0 bridgehead atoms. The van der Waals surface area contributed by atoms with Crippen molar-refractivity contribution in [2.75, 3.05) is 0 Å². The van der Waals surface area contributed by atoms with Gasteiger partial charge in [-0.2, -0.15) is 5.90 Å². The van der Waals surface area contributed by atoms with Gasteiger partial charge in [-0.05, 0) is 12.1 Å². The van der Waals surface area contributed by atoms with Gasteiger partial charge in [-0.3, -0.25) is 0 Å². The second kappa shape index (κ2) is 3.98. The quantitative estimate of drug-likeness (QED) is 0.574. The fourth-order valence-electron chi connectivity index (χ4n) is 1.43. The van der Waals surface area contributed by atoms with Crippen molar-refractivity contribution >= 4 is 22.9 Å². The summed E-state index contributed by atoms with van der Waals surface area (Å²) in [7, 11) is 0. The zero-order valence-electron chi connectivity index (χ0n) is 7.94. The van der Waals surface area contributed by atoms with E-state index in [1.54, 1.807) is 6.08 Å². The first-order valence-electron chi connectivity index (χ1n) is 4.46. The van der Waals surface area contributed by atoms with Crippen molar-refractivity contribution in [1.29, 1.82) is 0 Å². The third-order valence-corrected chi connectivity index (χ3v) is 2.14. The molecule has 0 amide bonds. The highest BCUT2D eigenvalue weighted by Crippen LogP contribution is 2.18. The Kier molecular flexibility index (Phi) is 2.51. The Morgan fingerprint density at radius 2 is 2.20 bits per heavy atom. The number of carbonyl (C=O) groups excluding carboxylic acids is 1. The van der Waals surface area contributed by atoms with Gasteiger partial charge in [-0.15, -0.1) is 0 Å². The zero-order valence-corrected chi connectivity index (χ0v) is 7.94. The van der Waals surface area contributed by atoms with Crippen LogP contribution in [0, 0.1) is 0 Å². The van der Waals surface area contributed by atoms with E-state index in [2.05, 4.69) is 9.82 Å². The maximum atomic E-state index is 10.8. The van der Waals surface area contributed by atoms with Crippen LogP contribution < -0.4 is 5.90 Å². The van der Waals surface area contributed by atoms with Crippen LogP contribution in [0.1, 0.15) is 5.56 Å². The minimum absolute atomic E-state index is 0.569. The van der Waals surface area contributed by atoms with Gasteiger partial charge in [0.2, 0.25) is 0 Å². The van der Waals surface area contributed by atoms with Crippen LogP contribution in [-0.2, 0) is 9.63 Å². The average molecular weight is 202 g/mol. The van der Waals surface area contributed by atoms with E-state index >= 15 is 0 Å². The fourth-order valence-corrected chi connectivity index (χ4v) is 1.43. The van der Waals surface area contributed by atoms with E-state index < -0.39 is 5.97 Å². The van der Waals surface area contributed by atoms with Crippen LogP contribution in [0.25, 0.3) is 17.0 Å². The van der Waals surface area contributed by atoms with Crippen molar-refractivity contribution in [1.82, 2.24) is 4.98 Å². The predicted octanol–water partition coefficient (Wildman–Crippen LogP) is 1.60. The summed E-state index contributed by atoms with van der Waals surface area (Å²) in [5, 5.41) is 1.05. The van der Waals surface area contributed by atoms with Gasteiger partial charge in [0, 0.05) is 28.7 Å². The fraction of sp³-hybridized carbons (Fsp3) is 0. The molecule has 0 unspecified atom stereocenters. The van der Waals surface area contributed by atoms with Gasteiger partial charge in [0.15, 0.2) is 0 Å². The molecule has 0 spiro atoms. The largest absolute Gasteiger partial charge is 0.370 e. The highest BCUT2D eigenvalue weighted by atomic mass is 16.7. The summed E-state index contributed by atoms with van der Waals surface area (Å²) in [5.41, 5.74) is 1.95. The first-order chi connectivity index (χ1) is 7.31. The lowest BCUT2D eigenvalue weighted by Crippen LogP contribution is -2.05. The van der Waals surface area contributed by atoms with E-state index in [4.69, 9.17) is 5.90 Å². The van der Waals surface area contributed by atoms with Gasteiger partial charge < -0.3 is 9.82 Å². The Labute approximate surface area is 86.3 Å². The molecule has 0 aliphatic carbocycles. The molecule has 76 valence electrons. The van der Waals surface area contributed by atoms with Crippen LogP contribution in [-0.4, -0.2) is 11.0 Å². The smallest absolute Gasteiger partial charge is 0.349 e. The molecule has 0 fully saturated rings.